The molecule has 0 saturated heterocycles. The molecule has 0 spiro atoms. The van der Waals surface area contributed by atoms with Gasteiger partial charge in [-0.3, -0.25) is 9.35 Å². The maximum Gasteiger partial charge on any atom is 0.438 e. The predicted octanol–water partition coefficient (Wildman–Crippen LogP) is 2.78. The van der Waals surface area contributed by atoms with Gasteiger partial charge in [0.25, 0.3) is 10.1 Å². The van der Waals surface area contributed by atoms with Crippen LogP contribution in [0.4, 0.5) is 26.3 Å². The fourth-order valence-electron chi connectivity index (χ4n) is 1.55. The fourth-order valence-corrected chi connectivity index (χ4v) is 2.45. The zero-order valence-corrected chi connectivity index (χ0v) is 13.5. The van der Waals surface area contributed by atoms with E-state index in [4.69, 9.17) is 9.29 Å². The molecule has 0 radical (unpaired) electrons. The van der Waals surface area contributed by atoms with E-state index < -0.39 is 52.3 Å². The van der Waals surface area contributed by atoms with Gasteiger partial charge in [0.1, 0.15) is 17.6 Å². The Bertz CT molecular complexity index is 607. The summed E-state index contributed by atoms with van der Waals surface area (Å²) < 4.78 is 116. The molecule has 13 heteroatoms. The highest BCUT2D eigenvalue weighted by Gasteiger charge is 2.75. The lowest BCUT2D eigenvalue weighted by molar-refractivity contribution is -0.361. The first-order chi connectivity index (χ1) is 10.9. The van der Waals surface area contributed by atoms with Crippen LogP contribution in [0.5, 0.6) is 0 Å². The maximum absolute atomic E-state index is 12.9. The summed E-state index contributed by atoms with van der Waals surface area (Å²) in [6.45, 7) is 7.59. The number of carbonyl (C=O) groups excluding carboxylic acids is 1. The lowest BCUT2D eigenvalue weighted by Gasteiger charge is -2.35. The Hall–Kier alpha value is -1.76. The molecule has 1 unspecified atom stereocenters. The van der Waals surface area contributed by atoms with Crippen molar-refractivity contribution in [2.75, 3.05) is 5.75 Å². The molecule has 0 aromatic rings. The summed E-state index contributed by atoms with van der Waals surface area (Å²) in [6.07, 6.45) is -14.0. The molecule has 0 aliphatic rings. The summed E-state index contributed by atoms with van der Waals surface area (Å²) in [5.41, 5.74) is -5.43. The van der Waals surface area contributed by atoms with Crippen LogP contribution in [0.3, 0.4) is 0 Å². The van der Waals surface area contributed by atoms with E-state index in [0.29, 0.717) is 0 Å². The van der Waals surface area contributed by atoms with Gasteiger partial charge in [-0.15, -0.1) is 0 Å². The zero-order chi connectivity index (χ0) is 20.3. The summed E-state index contributed by atoms with van der Waals surface area (Å²) in [6, 6.07) is 0. The van der Waals surface area contributed by atoms with E-state index >= 15 is 0 Å². The first-order valence-electron chi connectivity index (χ1n) is 6.23. The maximum atomic E-state index is 12.9. The van der Waals surface area contributed by atoms with Crippen LogP contribution in [0.15, 0.2) is 25.0 Å². The molecule has 0 saturated carbocycles. The molecule has 6 nitrogen and oxygen atoms in total. The molecule has 1 N–H and O–H groups in total. The smallest absolute Gasteiger partial charge is 0.438 e. The van der Waals surface area contributed by atoms with Crippen molar-refractivity contribution in [2.45, 2.75) is 37.4 Å². The van der Waals surface area contributed by atoms with E-state index in [2.05, 4.69) is 17.9 Å². The van der Waals surface area contributed by atoms with Crippen LogP contribution in [0.1, 0.15) is 13.3 Å². The second-order valence-electron chi connectivity index (χ2n) is 4.83. The highest BCUT2D eigenvalue weighted by molar-refractivity contribution is 7.85. The molecule has 25 heavy (non-hydrogen) atoms. The van der Waals surface area contributed by atoms with Crippen LogP contribution >= 0.6 is 0 Å². The van der Waals surface area contributed by atoms with Crippen molar-refractivity contribution in [3.05, 3.63) is 25.0 Å². The van der Waals surface area contributed by atoms with Gasteiger partial charge in [0.15, 0.2) is 0 Å². The van der Waals surface area contributed by atoms with E-state index in [-0.39, 0.29) is 5.76 Å². The minimum absolute atomic E-state index is 0.115. The largest absolute Gasteiger partial charge is 0.491 e. The van der Waals surface area contributed by atoms with Crippen molar-refractivity contribution in [3.63, 3.8) is 0 Å². The number of hydrogen-bond donors (Lipinski definition) is 1. The third-order valence-electron chi connectivity index (χ3n) is 2.62. The molecule has 0 heterocycles. The quantitative estimate of drug-likeness (QED) is 0.222. The van der Waals surface area contributed by atoms with Gasteiger partial charge in [0.2, 0.25) is 0 Å². The van der Waals surface area contributed by atoms with Gasteiger partial charge >= 0.3 is 23.9 Å². The van der Waals surface area contributed by atoms with Crippen molar-refractivity contribution >= 4 is 16.1 Å². The third-order valence-corrected chi connectivity index (χ3v) is 3.40. The predicted molar refractivity (Wildman–Crippen MR) is 71.8 cm³/mol. The Morgan fingerprint density at radius 1 is 1.20 bits per heavy atom. The molecule has 0 fully saturated rings. The van der Waals surface area contributed by atoms with Crippen LogP contribution in [0.25, 0.3) is 0 Å². The van der Waals surface area contributed by atoms with Gasteiger partial charge in [-0.2, -0.15) is 34.8 Å². The standard InChI is InChI=1S/C12H14F6O6S/c1-4-7(2)23-8(3)5-9(19)24-10(11(13,14)15,12(16,17)18)6-25(20,21)22/h4,8H,1-2,5-6H2,3H3,(H,20,21,22). The molecule has 0 amide bonds. The Morgan fingerprint density at radius 3 is 1.96 bits per heavy atom. The van der Waals surface area contributed by atoms with Crippen LogP contribution in [0, 0.1) is 0 Å². The minimum atomic E-state index is -6.37. The van der Waals surface area contributed by atoms with Crippen molar-refractivity contribution < 1.29 is 53.6 Å². The Labute approximate surface area is 138 Å². The van der Waals surface area contributed by atoms with Gasteiger partial charge < -0.3 is 9.47 Å². The number of ether oxygens (including phenoxy) is 2. The summed E-state index contributed by atoms with van der Waals surface area (Å²) in [4.78, 5) is 11.5. The Morgan fingerprint density at radius 2 is 1.64 bits per heavy atom. The first-order valence-corrected chi connectivity index (χ1v) is 7.84. The normalized spacial score (nSPS) is 14.6. The fraction of sp³-hybridized carbons (Fsp3) is 0.583. The van der Waals surface area contributed by atoms with Crippen molar-refractivity contribution in [2.24, 2.45) is 0 Å². The minimum Gasteiger partial charge on any atom is -0.491 e. The summed E-state index contributed by atoms with van der Waals surface area (Å²) in [5.74, 6) is -5.10. The molecule has 0 aliphatic heterocycles. The number of allylic oxidation sites excluding steroid dienone is 1. The monoisotopic (exact) mass is 400 g/mol. The highest BCUT2D eigenvalue weighted by atomic mass is 32.2. The molecule has 0 aromatic carbocycles. The average Bonchev–Trinajstić information content (AvgIpc) is 2.32. The van der Waals surface area contributed by atoms with Gasteiger partial charge in [-0.1, -0.05) is 13.2 Å². The Balaban J connectivity index is 5.68. The molecule has 0 aromatic heterocycles. The van der Waals surface area contributed by atoms with E-state index in [1.165, 1.54) is 0 Å². The second kappa shape index (κ2) is 7.64. The number of alkyl halides is 6. The van der Waals surface area contributed by atoms with E-state index in [1.54, 1.807) is 0 Å². The van der Waals surface area contributed by atoms with Gasteiger partial charge in [0.05, 0.1) is 6.42 Å². The van der Waals surface area contributed by atoms with Gasteiger partial charge in [-0.25, -0.2) is 0 Å². The van der Waals surface area contributed by atoms with E-state index in [1.807, 2.05) is 0 Å². The lowest BCUT2D eigenvalue weighted by Crippen LogP contribution is -2.63. The van der Waals surface area contributed by atoms with Crippen LogP contribution in [0.2, 0.25) is 0 Å². The molecule has 146 valence electrons. The number of halogens is 6. The average molecular weight is 400 g/mol. The second-order valence-corrected chi connectivity index (χ2v) is 6.28. The lowest BCUT2D eigenvalue weighted by atomic mass is 10.1. The van der Waals surface area contributed by atoms with Gasteiger partial charge in [-0.05, 0) is 13.0 Å². The molecule has 0 rings (SSSR count). The molecule has 0 aliphatic carbocycles. The van der Waals surface area contributed by atoms with Crippen molar-refractivity contribution in [1.82, 2.24) is 0 Å². The number of carbonyl (C=O) groups is 1. The number of rotatable bonds is 8. The summed E-state index contributed by atoms with van der Waals surface area (Å²) in [7, 11) is -5.82. The topological polar surface area (TPSA) is 89.9 Å². The zero-order valence-electron chi connectivity index (χ0n) is 12.6. The summed E-state index contributed by atoms with van der Waals surface area (Å²) in [5, 5.41) is 0. The molecule has 1 atom stereocenters. The molecular weight excluding hydrogens is 386 g/mol. The van der Waals surface area contributed by atoms with Crippen LogP contribution < -0.4 is 0 Å². The number of esters is 1. The van der Waals surface area contributed by atoms with Crippen molar-refractivity contribution in [1.29, 1.82) is 0 Å². The van der Waals surface area contributed by atoms with E-state index in [9.17, 15) is 39.6 Å². The van der Waals surface area contributed by atoms with E-state index in [0.717, 1.165) is 13.0 Å². The molecule has 0 bridgehead atoms. The van der Waals surface area contributed by atoms with Crippen molar-refractivity contribution in [3.8, 4) is 0 Å². The SMILES string of the molecule is C=CC(=C)OC(C)CC(=O)OC(CS(=O)(=O)O)(C(F)(F)F)C(F)(F)F. The van der Waals surface area contributed by atoms with Crippen LogP contribution in [-0.4, -0.2) is 48.8 Å². The molecular formula is C12H14F6O6S. The highest BCUT2D eigenvalue weighted by Crippen LogP contribution is 2.47. The van der Waals surface area contributed by atoms with Gasteiger partial charge in [0, 0.05) is 0 Å². The first kappa shape index (κ1) is 23.2. The summed E-state index contributed by atoms with van der Waals surface area (Å²) >= 11 is 0. The Kier molecular flexibility index (Phi) is 7.10. The number of hydrogen-bond acceptors (Lipinski definition) is 5. The van der Waals surface area contributed by atoms with Crippen LogP contribution in [-0.2, 0) is 24.4 Å². The third kappa shape index (κ3) is 6.57.